The second-order valence-corrected chi connectivity index (χ2v) is 4.27. The van der Waals surface area contributed by atoms with Crippen molar-refractivity contribution in [3.8, 4) is 0 Å². The highest BCUT2D eigenvalue weighted by Gasteiger charge is 2.66. The van der Waals surface area contributed by atoms with E-state index in [1.165, 1.54) is 6.34 Å². The van der Waals surface area contributed by atoms with Crippen LogP contribution in [0.15, 0.2) is 9.79 Å². The number of nitrogens with one attached hydrogen (secondary N) is 1. The number of hydrogen-bond donors (Lipinski definition) is 4. The Hall–Kier alpha value is -1.81. The summed E-state index contributed by atoms with van der Waals surface area (Å²) >= 11 is 0. The third kappa shape index (κ3) is 1.06. The smallest absolute Gasteiger partial charge is 0.284 e. The van der Waals surface area contributed by atoms with Crippen LogP contribution >= 0.6 is 0 Å². The normalized spacial score (nSPS) is 27.2. The van der Waals surface area contributed by atoms with Crippen molar-refractivity contribution in [1.29, 1.82) is 0 Å². The van der Waals surface area contributed by atoms with E-state index in [1.54, 1.807) is 0 Å². The second kappa shape index (κ2) is 3.36. The molecule has 1 aromatic heterocycles. The number of quaternary nitrogens is 1. The van der Waals surface area contributed by atoms with Gasteiger partial charge in [0.05, 0.1) is 0 Å². The van der Waals surface area contributed by atoms with E-state index in [0.717, 1.165) is 0 Å². The fraction of sp³-hybridized carbons (Fsp3) is 0.444. The van der Waals surface area contributed by atoms with Gasteiger partial charge in [0.2, 0.25) is 24.7 Å². The summed E-state index contributed by atoms with van der Waals surface area (Å²) in [4.78, 5) is 22.1. The van der Waals surface area contributed by atoms with Gasteiger partial charge in [-0.3, -0.25) is 14.5 Å². The first-order valence-electron chi connectivity index (χ1n) is 5.28. The molecule has 5 N–H and O–H groups in total. The lowest BCUT2D eigenvalue weighted by Gasteiger charge is -2.52. The number of nitrogens with zero attached hydrogens (tertiary/aromatic N) is 3. The van der Waals surface area contributed by atoms with E-state index in [2.05, 4.69) is 15.0 Å². The van der Waals surface area contributed by atoms with Gasteiger partial charge >= 0.3 is 0 Å². The summed E-state index contributed by atoms with van der Waals surface area (Å²) in [6.45, 7) is -0.722. The molecule has 2 aliphatic heterocycles. The standard InChI is InChI=1S/C9H11N5O4/c10-8-12-6-5(7(17)13-8)11-3-14(6)4-18-9(14,1-15)2-16/h3,15-16H,1-2,4H2,(H2-,10,12,13,17)/p+1. The third-order valence-electron chi connectivity index (χ3n) is 3.41. The number of aliphatic hydroxyl groups excluding tert-OH is 2. The monoisotopic (exact) mass is 254 g/mol. The zero-order chi connectivity index (χ0) is 13.0. The van der Waals surface area contributed by atoms with Crippen LogP contribution in [0.25, 0.3) is 0 Å². The molecule has 0 amide bonds. The molecular formula is C9H12N5O4+. The summed E-state index contributed by atoms with van der Waals surface area (Å²) in [6, 6.07) is 0. The number of aliphatic hydroxyl groups is 2. The molecule has 1 unspecified atom stereocenters. The number of aromatic amines is 1. The summed E-state index contributed by atoms with van der Waals surface area (Å²) in [5.41, 5.74) is 3.91. The van der Waals surface area contributed by atoms with Crippen molar-refractivity contribution in [3.63, 3.8) is 0 Å². The van der Waals surface area contributed by atoms with E-state index in [0.29, 0.717) is 0 Å². The molecule has 0 aromatic carbocycles. The van der Waals surface area contributed by atoms with Crippen molar-refractivity contribution in [2.75, 3.05) is 25.7 Å². The quantitative estimate of drug-likeness (QED) is 0.451. The lowest BCUT2D eigenvalue weighted by Crippen LogP contribution is -2.79. The van der Waals surface area contributed by atoms with E-state index in [1.807, 2.05) is 0 Å². The van der Waals surface area contributed by atoms with E-state index < -0.39 is 24.5 Å². The predicted octanol–water partition coefficient (Wildman–Crippen LogP) is -2.00. The fourth-order valence-electron chi connectivity index (χ4n) is 2.25. The molecule has 96 valence electrons. The number of fused-ring (bicyclic) bond motifs is 2. The molecule has 1 fully saturated rings. The molecule has 1 atom stereocenters. The first-order valence-corrected chi connectivity index (χ1v) is 5.28. The Labute approximate surface area is 101 Å². The average Bonchev–Trinajstić information content (AvgIpc) is 2.71. The largest absolute Gasteiger partial charge is 0.387 e. The Morgan fingerprint density at radius 1 is 1.56 bits per heavy atom. The molecule has 9 heteroatoms. The van der Waals surface area contributed by atoms with Crippen molar-refractivity contribution >= 4 is 23.8 Å². The van der Waals surface area contributed by atoms with Crippen molar-refractivity contribution in [1.82, 2.24) is 14.5 Å². The molecule has 1 spiro atoms. The van der Waals surface area contributed by atoms with Gasteiger partial charge in [-0.15, -0.1) is 0 Å². The molecule has 3 heterocycles. The molecule has 2 aliphatic rings. The van der Waals surface area contributed by atoms with Crippen LogP contribution in [0.2, 0.25) is 0 Å². The minimum atomic E-state index is -1.26. The van der Waals surface area contributed by atoms with Crippen LogP contribution in [0.4, 0.5) is 17.5 Å². The summed E-state index contributed by atoms with van der Waals surface area (Å²) in [5.74, 6) is 0.240. The first kappa shape index (κ1) is 11.3. The van der Waals surface area contributed by atoms with Crippen molar-refractivity contribution in [2.24, 2.45) is 4.99 Å². The van der Waals surface area contributed by atoms with Gasteiger partial charge in [0.25, 0.3) is 17.1 Å². The van der Waals surface area contributed by atoms with Gasteiger partial charge in [-0.2, -0.15) is 14.5 Å². The third-order valence-corrected chi connectivity index (χ3v) is 3.41. The molecule has 9 nitrogen and oxygen atoms in total. The second-order valence-electron chi connectivity index (χ2n) is 4.27. The molecule has 18 heavy (non-hydrogen) atoms. The molecule has 0 saturated carbocycles. The number of hydrogen-bond acceptors (Lipinski definition) is 7. The summed E-state index contributed by atoms with van der Waals surface area (Å²) in [6.07, 6.45) is 1.43. The van der Waals surface area contributed by atoms with Crippen LogP contribution < -0.4 is 15.8 Å². The molecule has 1 aromatic rings. The highest BCUT2D eigenvalue weighted by Crippen LogP contribution is 2.46. The minimum absolute atomic E-state index is 0.0431. The lowest BCUT2D eigenvalue weighted by atomic mass is 10.1. The number of nitrogens with two attached hydrogens (primary N) is 1. The van der Waals surface area contributed by atoms with Crippen LogP contribution in [-0.4, -0.2) is 52.2 Å². The number of anilines is 1. The number of aromatic nitrogens is 2. The van der Waals surface area contributed by atoms with E-state index in [9.17, 15) is 15.0 Å². The summed E-state index contributed by atoms with van der Waals surface area (Å²) in [7, 11) is 0. The number of rotatable bonds is 2. The molecule has 1 saturated heterocycles. The van der Waals surface area contributed by atoms with Crippen LogP contribution in [0.3, 0.4) is 0 Å². The number of ether oxygens (including phenoxy) is 1. The zero-order valence-corrected chi connectivity index (χ0v) is 9.33. The Balaban J connectivity index is 2.22. The van der Waals surface area contributed by atoms with Crippen LogP contribution in [-0.2, 0) is 4.74 Å². The van der Waals surface area contributed by atoms with Crippen LogP contribution in [0, 0.1) is 0 Å². The summed E-state index contributed by atoms with van der Waals surface area (Å²) < 4.78 is 5.16. The highest BCUT2D eigenvalue weighted by molar-refractivity contribution is 5.88. The molecular weight excluding hydrogens is 242 g/mol. The number of nitrogen functional groups attached to an aromatic ring is 1. The Kier molecular flexibility index (Phi) is 2.10. The van der Waals surface area contributed by atoms with Gasteiger partial charge in [-0.1, -0.05) is 0 Å². The zero-order valence-electron chi connectivity index (χ0n) is 9.33. The Morgan fingerprint density at radius 3 is 2.83 bits per heavy atom. The Bertz CT molecular complexity index is 588. The minimum Gasteiger partial charge on any atom is -0.387 e. The maximum atomic E-state index is 11.7. The van der Waals surface area contributed by atoms with E-state index >= 15 is 0 Å². The van der Waals surface area contributed by atoms with E-state index in [4.69, 9.17) is 10.5 Å². The SMILES string of the molecule is Nc1nc2c(c(=O)[nH]1)N=C[N+]21COC1(CO)CO. The van der Waals surface area contributed by atoms with Gasteiger partial charge in [0.15, 0.2) is 0 Å². The molecule has 3 rings (SSSR count). The van der Waals surface area contributed by atoms with Crippen LogP contribution in [0.5, 0.6) is 0 Å². The molecule has 0 bridgehead atoms. The maximum Gasteiger partial charge on any atom is 0.284 e. The number of aliphatic imine (C=N–C) groups is 1. The van der Waals surface area contributed by atoms with Gasteiger partial charge in [0.1, 0.15) is 13.2 Å². The predicted molar refractivity (Wildman–Crippen MR) is 62.1 cm³/mol. The van der Waals surface area contributed by atoms with E-state index in [-0.39, 0.29) is 28.7 Å². The van der Waals surface area contributed by atoms with Crippen molar-refractivity contribution in [3.05, 3.63) is 10.4 Å². The topological polar surface area (TPSA) is 134 Å². The van der Waals surface area contributed by atoms with Gasteiger partial charge < -0.3 is 15.9 Å². The van der Waals surface area contributed by atoms with Gasteiger partial charge in [-0.05, 0) is 0 Å². The Morgan fingerprint density at radius 2 is 2.28 bits per heavy atom. The fourth-order valence-corrected chi connectivity index (χ4v) is 2.25. The van der Waals surface area contributed by atoms with Crippen molar-refractivity contribution < 1.29 is 14.9 Å². The van der Waals surface area contributed by atoms with Gasteiger partial charge in [-0.25, -0.2) is 0 Å². The summed E-state index contributed by atoms with van der Waals surface area (Å²) in [5, 5.41) is 18.8. The molecule has 0 aliphatic carbocycles. The van der Waals surface area contributed by atoms with Gasteiger partial charge in [0, 0.05) is 0 Å². The maximum absolute atomic E-state index is 11.7. The average molecular weight is 254 g/mol. The number of H-pyrrole nitrogens is 1. The van der Waals surface area contributed by atoms with Crippen LogP contribution in [0.1, 0.15) is 0 Å². The highest BCUT2D eigenvalue weighted by atomic mass is 16.6. The lowest BCUT2D eigenvalue weighted by molar-refractivity contribution is -0.285. The molecule has 0 radical (unpaired) electrons. The first-order chi connectivity index (χ1) is 8.58. The van der Waals surface area contributed by atoms with Crippen molar-refractivity contribution in [2.45, 2.75) is 5.72 Å².